The molecule has 0 aromatic heterocycles. The van der Waals surface area contributed by atoms with E-state index < -0.39 is 23.3 Å². The Kier molecular flexibility index (Phi) is 2.55. The highest BCUT2D eigenvalue weighted by Crippen LogP contribution is 2.16. The Morgan fingerprint density at radius 2 is 1.62 bits per heavy atom. The number of amides is 2. The number of nitrogens with zero attached hydrogens (tertiary/aromatic N) is 1. The monoisotopic (exact) mass is 185 g/mol. The number of hydrogen-bond acceptors (Lipinski definition) is 4. The molecule has 1 heterocycles. The molecule has 0 atom stereocenters. The lowest BCUT2D eigenvalue weighted by Gasteiger charge is -2.11. The van der Waals surface area contributed by atoms with Gasteiger partial charge in [0.05, 0.1) is 0 Å². The number of imide groups is 1. The van der Waals surface area contributed by atoms with Gasteiger partial charge >= 0.3 is 0 Å². The number of rotatable bonds is 3. The van der Waals surface area contributed by atoms with Crippen LogP contribution in [0.15, 0.2) is 11.5 Å². The minimum absolute atomic E-state index is 0.238. The van der Waals surface area contributed by atoms with Crippen molar-refractivity contribution in [2.45, 2.75) is 19.8 Å². The van der Waals surface area contributed by atoms with Gasteiger partial charge in [0.25, 0.3) is 11.8 Å². The van der Waals surface area contributed by atoms with Crippen LogP contribution in [0.25, 0.3) is 0 Å². The van der Waals surface area contributed by atoms with Gasteiger partial charge in [-0.25, -0.2) is 0 Å². The van der Waals surface area contributed by atoms with Crippen molar-refractivity contribution >= 4 is 11.8 Å². The molecule has 1 rings (SSSR count). The van der Waals surface area contributed by atoms with Crippen molar-refractivity contribution < 1.29 is 19.8 Å². The molecule has 0 aliphatic carbocycles. The fourth-order valence-electron chi connectivity index (χ4n) is 1.07. The van der Waals surface area contributed by atoms with Gasteiger partial charge in [0.2, 0.25) is 11.5 Å². The van der Waals surface area contributed by atoms with Crippen molar-refractivity contribution in [1.82, 2.24) is 4.90 Å². The van der Waals surface area contributed by atoms with E-state index in [2.05, 4.69) is 0 Å². The van der Waals surface area contributed by atoms with Crippen LogP contribution in [-0.4, -0.2) is 33.5 Å². The molecule has 2 N–H and O–H groups in total. The third-order valence-electron chi connectivity index (χ3n) is 1.86. The van der Waals surface area contributed by atoms with Crippen molar-refractivity contribution in [3.8, 4) is 0 Å². The lowest BCUT2D eigenvalue weighted by atomic mass is 10.3. The van der Waals surface area contributed by atoms with Gasteiger partial charge < -0.3 is 10.2 Å². The van der Waals surface area contributed by atoms with Crippen LogP contribution in [0.4, 0.5) is 0 Å². The Balaban J connectivity index is 2.73. The molecule has 5 nitrogen and oxygen atoms in total. The second kappa shape index (κ2) is 3.47. The zero-order valence-corrected chi connectivity index (χ0v) is 7.28. The summed E-state index contributed by atoms with van der Waals surface area (Å²) < 4.78 is 0. The van der Waals surface area contributed by atoms with Crippen LogP contribution < -0.4 is 0 Å². The van der Waals surface area contributed by atoms with Gasteiger partial charge in [0.1, 0.15) is 0 Å². The van der Waals surface area contributed by atoms with E-state index in [1.165, 1.54) is 0 Å². The Bertz CT molecular complexity index is 258. The first-order valence-electron chi connectivity index (χ1n) is 4.08. The summed E-state index contributed by atoms with van der Waals surface area (Å²) in [7, 11) is 0. The van der Waals surface area contributed by atoms with E-state index in [1.54, 1.807) is 0 Å². The first-order valence-corrected chi connectivity index (χ1v) is 4.08. The molecule has 0 spiro atoms. The van der Waals surface area contributed by atoms with E-state index >= 15 is 0 Å². The summed E-state index contributed by atoms with van der Waals surface area (Å²) in [5.41, 5.74) is 0. The average Bonchev–Trinajstić information content (AvgIpc) is 2.30. The van der Waals surface area contributed by atoms with Gasteiger partial charge in [-0.2, -0.15) is 0 Å². The highest BCUT2D eigenvalue weighted by Gasteiger charge is 2.38. The number of aliphatic hydroxyl groups excluding tert-OH is 2. The Labute approximate surface area is 75.3 Å². The van der Waals surface area contributed by atoms with E-state index in [0.29, 0.717) is 6.42 Å². The SMILES string of the molecule is CCCCN1C(=O)C(O)=C(O)C1=O. The fraction of sp³-hybridized carbons (Fsp3) is 0.500. The quantitative estimate of drug-likeness (QED) is 0.627. The Morgan fingerprint density at radius 1 is 1.15 bits per heavy atom. The number of carbonyl (C=O) groups excluding carboxylic acids is 2. The minimum Gasteiger partial charge on any atom is -0.500 e. The van der Waals surface area contributed by atoms with E-state index in [0.717, 1.165) is 11.3 Å². The van der Waals surface area contributed by atoms with Crippen molar-refractivity contribution in [3.63, 3.8) is 0 Å². The Hall–Kier alpha value is -1.52. The maximum Gasteiger partial charge on any atom is 0.299 e. The zero-order chi connectivity index (χ0) is 10.0. The molecular weight excluding hydrogens is 174 g/mol. The van der Waals surface area contributed by atoms with Crippen molar-refractivity contribution in [3.05, 3.63) is 11.5 Å². The molecule has 0 unspecified atom stereocenters. The molecule has 72 valence electrons. The molecule has 0 aromatic carbocycles. The standard InChI is InChI=1S/C8H11NO4/c1-2-3-4-9-7(12)5(10)6(11)8(9)13/h10-11H,2-4H2,1H3. The molecular formula is C8H11NO4. The summed E-state index contributed by atoms with van der Waals surface area (Å²) in [5, 5.41) is 17.8. The van der Waals surface area contributed by atoms with Crippen LogP contribution in [0.3, 0.4) is 0 Å². The van der Waals surface area contributed by atoms with Crippen molar-refractivity contribution in [2.24, 2.45) is 0 Å². The van der Waals surface area contributed by atoms with Crippen LogP contribution in [0, 0.1) is 0 Å². The van der Waals surface area contributed by atoms with E-state index in [1.807, 2.05) is 6.92 Å². The summed E-state index contributed by atoms with van der Waals surface area (Å²) in [5.74, 6) is -3.31. The van der Waals surface area contributed by atoms with E-state index in [-0.39, 0.29) is 6.54 Å². The van der Waals surface area contributed by atoms with E-state index in [4.69, 9.17) is 10.2 Å². The normalized spacial score (nSPS) is 17.5. The van der Waals surface area contributed by atoms with Crippen LogP contribution in [-0.2, 0) is 9.59 Å². The lowest BCUT2D eigenvalue weighted by Crippen LogP contribution is -2.32. The van der Waals surface area contributed by atoms with Crippen molar-refractivity contribution in [2.75, 3.05) is 6.54 Å². The molecule has 2 amide bonds. The molecule has 1 aliphatic rings. The maximum atomic E-state index is 11.1. The highest BCUT2D eigenvalue weighted by molar-refractivity contribution is 6.16. The first-order chi connectivity index (χ1) is 6.09. The molecule has 0 fully saturated rings. The highest BCUT2D eigenvalue weighted by atomic mass is 16.3. The van der Waals surface area contributed by atoms with Gasteiger partial charge in [-0.05, 0) is 6.42 Å². The second-order valence-electron chi connectivity index (χ2n) is 2.81. The molecule has 0 radical (unpaired) electrons. The minimum atomic E-state index is -0.846. The van der Waals surface area contributed by atoms with Crippen LogP contribution >= 0.6 is 0 Å². The summed E-state index contributed by atoms with van der Waals surface area (Å²) >= 11 is 0. The largest absolute Gasteiger partial charge is 0.500 e. The fourth-order valence-corrected chi connectivity index (χ4v) is 1.07. The van der Waals surface area contributed by atoms with Crippen molar-refractivity contribution in [1.29, 1.82) is 0 Å². The first kappa shape index (κ1) is 9.57. The lowest BCUT2D eigenvalue weighted by molar-refractivity contribution is -0.139. The number of carbonyl (C=O) groups is 2. The number of hydrogen-bond donors (Lipinski definition) is 2. The molecule has 0 saturated heterocycles. The molecule has 1 aliphatic heterocycles. The van der Waals surface area contributed by atoms with Gasteiger partial charge in [0.15, 0.2) is 0 Å². The average molecular weight is 185 g/mol. The zero-order valence-electron chi connectivity index (χ0n) is 7.28. The maximum absolute atomic E-state index is 11.1. The van der Waals surface area contributed by atoms with Gasteiger partial charge in [-0.15, -0.1) is 0 Å². The smallest absolute Gasteiger partial charge is 0.299 e. The molecule has 0 bridgehead atoms. The predicted octanol–water partition coefficient (Wildman–Crippen LogP) is 0.483. The van der Waals surface area contributed by atoms with Gasteiger partial charge in [0, 0.05) is 6.54 Å². The van der Waals surface area contributed by atoms with Gasteiger partial charge in [-0.3, -0.25) is 14.5 Å². The topological polar surface area (TPSA) is 77.8 Å². The summed E-state index contributed by atoms with van der Waals surface area (Å²) in [6, 6.07) is 0. The van der Waals surface area contributed by atoms with E-state index in [9.17, 15) is 9.59 Å². The summed E-state index contributed by atoms with van der Waals surface area (Å²) in [6.45, 7) is 2.15. The molecule has 13 heavy (non-hydrogen) atoms. The third-order valence-corrected chi connectivity index (χ3v) is 1.86. The molecule has 5 heteroatoms. The number of unbranched alkanes of at least 4 members (excludes halogenated alkanes) is 1. The second-order valence-corrected chi connectivity index (χ2v) is 2.81. The van der Waals surface area contributed by atoms with Crippen LogP contribution in [0.1, 0.15) is 19.8 Å². The van der Waals surface area contributed by atoms with Gasteiger partial charge in [-0.1, -0.05) is 13.3 Å². The van der Waals surface area contributed by atoms with Crippen LogP contribution in [0.5, 0.6) is 0 Å². The number of aliphatic hydroxyl groups is 2. The summed E-state index contributed by atoms with van der Waals surface area (Å²) in [4.78, 5) is 23.0. The molecule has 0 aromatic rings. The summed E-state index contributed by atoms with van der Waals surface area (Å²) in [6.07, 6.45) is 1.50. The third kappa shape index (κ3) is 1.49. The van der Waals surface area contributed by atoms with Crippen LogP contribution in [0.2, 0.25) is 0 Å². The Morgan fingerprint density at radius 3 is 2.00 bits per heavy atom. The molecule has 0 saturated carbocycles. The predicted molar refractivity (Wildman–Crippen MR) is 43.9 cm³/mol.